The predicted molar refractivity (Wildman–Crippen MR) is 115 cm³/mol. The molecule has 0 atom stereocenters. The van der Waals surface area contributed by atoms with Crippen molar-refractivity contribution in [1.82, 2.24) is 5.32 Å². The fourth-order valence-corrected chi connectivity index (χ4v) is 5.56. The highest BCUT2D eigenvalue weighted by Gasteiger charge is 2.20. The number of carbonyl (C=O) groups excluding carboxylic acids is 2. The van der Waals surface area contributed by atoms with E-state index in [1.807, 2.05) is 41.7 Å². The highest BCUT2D eigenvalue weighted by molar-refractivity contribution is 8.19. The molecule has 0 saturated carbocycles. The number of carbonyl (C=O) groups is 2. The first kappa shape index (κ1) is 20.4. The van der Waals surface area contributed by atoms with E-state index in [4.69, 9.17) is 9.47 Å². The predicted octanol–water partition coefficient (Wildman–Crippen LogP) is 3.55. The summed E-state index contributed by atoms with van der Waals surface area (Å²) in [4.78, 5) is 23.9. The van der Waals surface area contributed by atoms with Crippen molar-refractivity contribution in [2.75, 3.05) is 37.6 Å². The summed E-state index contributed by atoms with van der Waals surface area (Å²) in [5.41, 5.74) is 2.19. The molecule has 2 aromatic rings. The fourth-order valence-electron chi connectivity index (χ4n) is 2.72. The van der Waals surface area contributed by atoms with Gasteiger partial charge in [0.15, 0.2) is 18.1 Å². The Kier molecular flexibility index (Phi) is 7.11. The lowest BCUT2D eigenvalue weighted by molar-refractivity contribution is -0.118. The van der Waals surface area contributed by atoms with Crippen LogP contribution in [-0.2, 0) is 4.79 Å². The smallest absolute Gasteiger partial charge is 0.262 e. The van der Waals surface area contributed by atoms with Crippen LogP contribution in [0.15, 0.2) is 42.5 Å². The van der Waals surface area contributed by atoms with Crippen molar-refractivity contribution in [1.29, 1.82) is 0 Å². The zero-order chi connectivity index (χ0) is 19.9. The molecule has 8 heteroatoms. The lowest BCUT2D eigenvalue weighted by Gasteiger charge is -2.14. The quantitative estimate of drug-likeness (QED) is 0.716. The number of nitrogens with one attached hydrogen (secondary N) is 2. The summed E-state index contributed by atoms with van der Waals surface area (Å²) >= 11 is 3.84. The lowest BCUT2D eigenvalue weighted by Crippen LogP contribution is -2.21. The number of anilines is 1. The van der Waals surface area contributed by atoms with Crippen molar-refractivity contribution in [3.8, 4) is 11.5 Å². The number of ether oxygens (including phenoxy) is 2. The molecule has 1 aliphatic rings. The van der Waals surface area contributed by atoms with Crippen molar-refractivity contribution in [3.05, 3.63) is 53.6 Å². The maximum Gasteiger partial charge on any atom is 0.262 e. The van der Waals surface area contributed by atoms with Crippen LogP contribution in [0, 0.1) is 0 Å². The summed E-state index contributed by atoms with van der Waals surface area (Å²) in [7, 11) is 3.15. The van der Waals surface area contributed by atoms with Crippen molar-refractivity contribution < 1.29 is 19.1 Å². The molecule has 0 aromatic heterocycles. The summed E-state index contributed by atoms with van der Waals surface area (Å²) in [6, 6.07) is 12.5. The number of benzene rings is 2. The molecule has 0 spiro atoms. The molecule has 1 saturated heterocycles. The van der Waals surface area contributed by atoms with Crippen LogP contribution in [0.3, 0.4) is 0 Å². The van der Waals surface area contributed by atoms with Gasteiger partial charge in [-0.3, -0.25) is 9.59 Å². The van der Waals surface area contributed by atoms with Crippen LogP contribution in [0.2, 0.25) is 0 Å². The lowest BCUT2D eigenvalue weighted by atomic mass is 10.2. The van der Waals surface area contributed by atoms with Gasteiger partial charge in [0.2, 0.25) is 0 Å². The molecule has 1 fully saturated rings. The molecule has 0 aliphatic carbocycles. The van der Waals surface area contributed by atoms with E-state index in [1.54, 1.807) is 38.4 Å². The zero-order valence-electron chi connectivity index (χ0n) is 15.7. The van der Waals surface area contributed by atoms with Gasteiger partial charge in [0.05, 0.1) is 11.7 Å². The molecule has 148 valence electrons. The number of methoxy groups -OCH3 is 1. The van der Waals surface area contributed by atoms with E-state index in [-0.39, 0.29) is 18.4 Å². The first-order valence-electron chi connectivity index (χ1n) is 8.76. The Hall–Kier alpha value is -2.32. The topological polar surface area (TPSA) is 76.7 Å². The molecule has 0 radical (unpaired) electrons. The van der Waals surface area contributed by atoms with Gasteiger partial charge < -0.3 is 20.1 Å². The number of hydrogen-bond donors (Lipinski definition) is 2. The van der Waals surface area contributed by atoms with Crippen LogP contribution in [0.5, 0.6) is 11.5 Å². The Morgan fingerprint density at radius 3 is 2.61 bits per heavy atom. The Morgan fingerprint density at radius 2 is 1.89 bits per heavy atom. The Bertz CT molecular complexity index is 854. The molecule has 1 aliphatic heterocycles. The number of amides is 2. The third-order valence-corrected chi connectivity index (χ3v) is 7.18. The van der Waals surface area contributed by atoms with Crippen molar-refractivity contribution in [2.45, 2.75) is 4.58 Å². The second-order valence-electron chi connectivity index (χ2n) is 5.98. The van der Waals surface area contributed by atoms with E-state index >= 15 is 0 Å². The van der Waals surface area contributed by atoms with Gasteiger partial charge >= 0.3 is 0 Å². The fraction of sp³-hybridized carbons (Fsp3) is 0.300. The summed E-state index contributed by atoms with van der Waals surface area (Å²) in [5, 5.41) is 5.29. The van der Waals surface area contributed by atoms with Crippen molar-refractivity contribution in [2.24, 2.45) is 0 Å². The molecule has 1 heterocycles. The summed E-state index contributed by atoms with van der Waals surface area (Å²) in [6.07, 6.45) is 0. The minimum atomic E-state index is -0.318. The molecule has 3 rings (SSSR count). The second-order valence-corrected chi connectivity index (χ2v) is 8.70. The molecule has 6 nitrogen and oxygen atoms in total. The first-order chi connectivity index (χ1) is 13.6. The molecule has 28 heavy (non-hydrogen) atoms. The summed E-state index contributed by atoms with van der Waals surface area (Å²) < 4.78 is 11.5. The SMILES string of the molecule is CNC(=O)c1cccc(NC(=O)COc2ccc(C3SCCS3)cc2OC)c1. The number of thioether (sulfide) groups is 2. The Balaban J connectivity index is 1.60. The van der Waals surface area contributed by atoms with Gasteiger partial charge in [0, 0.05) is 29.8 Å². The van der Waals surface area contributed by atoms with Crippen molar-refractivity contribution >= 4 is 41.0 Å². The summed E-state index contributed by atoms with van der Waals surface area (Å²) in [5.74, 6) is 2.90. The molecular weight excluding hydrogens is 396 g/mol. The number of rotatable bonds is 7. The van der Waals surface area contributed by atoms with Crippen LogP contribution >= 0.6 is 23.5 Å². The largest absolute Gasteiger partial charge is 0.493 e. The maximum atomic E-state index is 12.2. The van der Waals surface area contributed by atoms with E-state index in [1.165, 1.54) is 5.56 Å². The minimum Gasteiger partial charge on any atom is -0.493 e. The van der Waals surface area contributed by atoms with Crippen LogP contribution < -0.4 is 20.1 Å². The third-order valence-electron chi connectivity index (χ3n) is 4.08. The van der Waals surface area contributed by atoms with E-state index in [2.05, 4.69) is 10.6 Å². The van der Waals surface area contributed by atoms with Gasteiger partial charge in [-0.15, -0.1) is 23.5 Å². The van der Waals surface area contributed by atoms with Crippen LogP contribution in [0.25, 0.3) is 0 Å². The number of hydrogen-bond acceptors (Lipinski definition) is 6. The third kappa shape index (κ3) is 5.14. The van der Waals surface area contributed by atoms with Crippen LogP contribution in [0.4, 0.5) is 5.69 Å². The van der Waals surface area contributed by atoms with Gasteiger partial charge in [-0.1, -0.05) is 12.1 Å². The van der Waals surface area contributed by atoms with Crippen LogP contribution in [-0.4, -0.2) is 44.1 Å². The normalized spacial score (nSPS) is 13.8. The van der Waals surface area contributed by atoms with Gasteiger partial charge in [-0.05, 0) is 35.9 Å². The first-order valence-corrected chi connectivity index (χ1v) is 10.9. The molecule has 0 bridgehead atoms. The zero-order valence-corrected chi connectivity index (χ0v) is 17.3. The van der Waals surface area contributed by atoms with E-state index in [9.17, 15) is 9.59 Å². The van der Waals surface area contributed by atoms with Crippen LogP contribution in [0.1, 0.15) is 20.5 Å². The van der Waals surface area contributed by atoms with Gasteiger partial charge in [-0.2, -0.15) is 0 Å². The Morgan fingerprint density at radius 1 is 1.11 bits per heavy atom. The molecule has 2 aromatic carbocycles. The van der Waals surface area contributed by atoms with Gasteiger partial charge in [0.25, 0.3) is 11.8 Å². The van der Waals surface area contributed by atoms with E-state index in [0.717, 1.165) is 11.5 Å². The standard InChI is InChI=1S/C20H22N2O4S2/c1-21-19(24)13-4-3-5-15(10-13)22-18(23)12-26-16-7-6-14(11-17(16)25-2)20-27-8-9-28-20/h3-7,10-11,20H,8-9,12H2,1-2H3,(H,21,24)(H,22,23). The monoisotopic (exact) mass is 418 g/mol. The van der Waals surface area contributed by atoms with E-state index < -0.39 is 0 Å². The van der Waals surface area contributed by atoms with Crippen molar-refractivity contribution in [3.63, 3.8) is 0 Å². The van der Waals surface area contributed by atoms with Gasteiger partial charge in [-0.25, -0.2) is 0 Å². The van der Waals surface area contributed by atoms with Gasteiger partial charge in [0.1, 0.15) is 0 Å². The Labute approximate surface area is 172 Å². The molecule has 0 unspecified atom stereocenters. The van der Waals surface area contributed by atoms with E-state index in [0.29, 0.717) is 27.3 Å². The second kappa shape index (κ2) is 9.75. The average Bonchev–Trinajstić information content (AvgIpc) is 3.26. The molecule has 2 amide bonds. The highest BCUT2D eigenvalue weighted by atomic mass is 32.2. The minimum absolute atomic E-state index is 0.160. The molecule has 2 N–H and O–H groups in total. The average molecular weight is 419 g/mol. The maximum absolute atomic E-state index is 12.2. The highest BCUT2D eigenvalue weighted by Crippen LogP contribution is 2.46. The molecular formula is C20H22N2O4S2. The summed E-state index contributed by atoms with van der Waals surface area (Å²) in [6.45, 7) is -0.160.